The van der Waals surface area contributed by atoms with Gasteiger partial charge < -0.3 is 15.4 Å². The van der Waals surface area contributed by atoms with E-state index in [0.29, 0.717) is 0 Å². The lowest BCUT2D eigenvalue weighted by Crippen LogP contribution is -2.14. The van der Waals surface area contributed by atoms with Gasteiger partial charge in [0.1, 0.15) is 5.75 Å². The highest BCUT2D eigenvalue weighted by Gasteiger charge is 2.21. The van der Waals surface area contributed by atoms with Crippen LogP contribution in [0.25, 0.3) is 10.9 Å². The van der Waals surface area contributed by atoms with Crippen LogP contribution in [0.4, 0.5) is 5.69 Å². The fraction of sp³-hybridized carbons (Fsp3) is 0.0952. The summed E-state index contributed by atoms with van der Waals surface area (Å²) >= 11 is 0. The number of nitrogens with one attached hydrogen (secondary N) is 2. The molecule has 0 radical (unpaired) electrons. The SMILES string of the molecule is Cc1[nH]c2ccccc2c1C(Nc1cccc(O)c1)c1ccccn1. The second kappa shape index (κ2) is 6.32. The van der Waals surface area contributed by atoms with Crippen LogP contribution >= 0.6 is 0 Å². The molecule has 0 spiro atoms. The first-order valence-corrected chi connectivity index (χ1v) is 8.26. The number of pyridine rings is 1. The maximum absolute atomic E-state index is 9.79. The molecule has 25 heavy (non-hydrogen) atoms. The molecule has 124 valence electrons. The summed E-state index contributed by atoms with van der Waals surface area (Å²) in [6.45, 7) is 2.08. The number of phenols is 1. The van der Waals surface area contributed by atoms with Gasteiger partial charge in [-0.2, -0.15) is 0 Å². The Kier molecular flexibility index (Phi) is 3.86. The Morgan fingerprint density at radius 1 is 1.00 bits per heavy atom. The largest absolute Gasteiger partial charge is 0.508 e. The highest BCUT2D eigenvalue weighted by molar-refractivity contribution is 5.86. The van der Waals surface area contributed by atoms with Crippen LogP contribution in [-0.4, -0.2) is 15.1 Å². The minimum absolute atomic E-state index is 0.126. The Balaban J connectivity index is 1.87. The van der Waals surface area contributed by atoms with Crippen molar-refractivity contribution in [1.29, 1.82) is 0 Å². The molecule has 1 atom stereocenters. The Hall–Kier alpha value is -3.27. The highest BCUT2D eigenvalue weighted by Crippen LogP contribution is 2.34. The van der Waals surface area contributed by atoms with Crippen LogP contribution in [0, 0.1) is 6.92 Å². The number of phenolic OH excluding ortho intramolecular Hbond substituents is 1. The van der Waals surface area contributed by atoms with E-state index in [4.69, 9.17) is 0 Å². The van der Waals surface area contributed by atoms with Gasteiger partial charge in [0.05, 0.1) is 11.7 Å². The van der Waals surface area contributed by atoms with Crippen molar-refractivity contribution in [3.63, 3.8) is 0 Å². The molecule has 0 aliphatic heterocycles. The van der Waals surface area contributed by atoms with E-state index >= 15 is 0 Å². The number of rotatable bonds is 4. The van der Waals surface area contributed by atoms with Gasteiger partial charge in [-0.05, 0) is 37.3 Å². The molecule has 4 aromatic rings. The van der Waals surface area contributed by atoms with Crippen LogP contribution in [0.5, 0.6) is 5.75 Å². The summed E-state index contributed by atoms with van der Waals surface area (Å²) in [5.41, 5.74) is 5.15. The van der Waals surface area contributed by atoms with Crippen molar-refractivity contribution >= 4 is 16.6 Å². The molecule has 3 N–H and O–H groups in total. The Morgan fingerprint density at radius 2 is 1.84 bits per heavy atom. The predicted octanol–water partition coefficient (Wildman–Crippen LogP) is 4.78. The van der Waals surface area contributed by atoms with Crippen molar-refractivity contribution in [1.82, 2.24) is 9.97 Å². The summed E-state index contributed by atoms with van der Waals surface area (Å²) in [6.07, 6.45) is 1.80. The normalized spacial score (nSPS) is 12.2. The molecule has 0 aliphatic rings. The molecule has 2 aromatic heterocycles. The molecular weight excluding hydrogens is 310 g/mol. The minimum atomic E-state index is -0.126. The fourth-order valence-electron chi connectivity index (χ4n) is 3.27. The molecule has 4 rings (SSSR count). The van der Waals surface area contributed by atoms with E-state index in [-0.39, 0.29) is 11.8 Å². The summed E-state index contributed by atoms with van der Waals surface area (Å²) in [6, 6.07) is 21.2. The molecule has 2 heterocycles. The Bertz CT molecular complexity index is 1010. The average Bonchev–Trinajstić information content (AvgIpc) is 2.96. The number of aromatic amines is 1. The van der Waals surface area contributed by atoms with Gasteiger partial charge in [-0.15, -0.1) is 0 Å². The molecule has 0 amide bonds. The standard InChI is InChI=1S/C21H19N3O/c1-14-20(17-9-2-3-10-18(17)23-14)21(19-11-4-5-12-22-19)24-15-7-6-8-16(25)13-15/h2-13,21,23-25H,1H3. The van der Waals surface area contributed by atoms with Crippen LogP contribution in [0.3, 0.4) is 0 Å². The van der Waals surface area contributed by atoms with E-state index in [2.05, 4.69) is 34.3 Å². The zero-order chi connectivity index (χ0) is 17.2. The highest BCUT2D eigenvalue weighted by atomic mass is 16.3. The van der Waals surface area contributed by atoms with E-state index < -0.39 is 0 Å². The molecule has 4 nitrogen and oxygen atoms in total. The number of H-pyrrole nitrogens is 1. The zero-order valence-electron chi connectivity index (χ0n) is 13.9. The fourth-order valence-corrected chi connectivity index (χ4v) is 3.27. The topological polar surface area (TPSA) is 60.9 Å². The van der Waals surface area contributed by atoms with Crippen molar-refractivity contribution in [3.8, 4) is 5.75 Å². The summed E-state index contributed by atoms with van der Waals surface area (Å²) in [5.74, 6) is 0.236. The lowest BCUT2D eigenvalue weighted by molar-refractivity contribution is 0.475. The van der Waals surface area contributed by atoms with E-state index in [1.807, 2.05) is 42.5 Å². The van der Waals surface area contributed by atoms with E-state index in [9.17, 15) is 5.11 Å². The van der Waals surface area contributed by atoms with Crippen LogP contribution in [0.15, 0.2) is 72.9 Å². The van der Waals surface area contributed by atoms with Crippen LogP contribution in [0.2, 0.25) is 0 Å². The monoisotopic (exact) mass is 329 g/mol. The number of anilines is 1. The predicted molar refractivity (Wildman–Crippen MR) is 101 cm³/mol. The molecule has 0 aliphatic carbocycles. The minimum Gasteiger partial charge on any atom is -0.508 e. The van der Waals surface area contributed by atoms with Gasteiger partial charge in [0.2, 0.25) is 0 Å². The number of hydrogen-bond donors (Lipinski definition) is 3. The first-order valence-electron chi connectivity index (χ1n) is 8.26. The second-order valence-corrected chi connectivity index (χ2v) is 6.09. The van der Waals surface area contributed by atoms with E-state index in [1.54, 1.807) is 18.3 Å². The number of aryl methyl sites for hydroxylation is 1. The molecule has 2 aromatic carbocycles. The van der Waals surface area contributed by atoms with Crippen molar-refractivity contribution in [2.75, 3.05) is 5.32 Å². The lowest BCUT2D eigenvalue weighted by atomic mass is 9.99. The van der Waals surface area contributed by atoms with Gasteiger partial charge in [-0.25, -0.2) is 0 Å². The first-order chi connectivity index (χ1) is 12.2. The summed E-state index contributed by atoms with van der Waals surface area (Å²) in [4.78, 5) is 8.02. The van der Waals surface area contributed by atoms with Gasteiger partial charge in [-0.3, -0.25) is 4.98 Å². The number of benzene rings is 2. The van der Waals surface area contributed by atoms with Crippen LogP contribution in [0.1, 0.15) is 23.0 Å². The molecule has 0 fully saturated rings. The zero-order valence-corrected chi connectivity index (χ0v) is 13.9. The smallest absolute Gasteiger partial charge is 0.117 e. The molecule has 1 unspecified atom stereocenters. The van der Waals surface area contributed by atoms with Crippen molar-refractivity contribution < 1.29 is 5.11 Å². The average molecular weight is 329 g/mol. The Morgan fingerprint density at radius 3 is 2.64 bits per heavy atom. The summed E-state index contributed by atoms with van der Waals surface area (Å²) < 4.78 is 0. The number of para-hydroxylation sites is 1. The van der Waals surface area contributed by atoms with Crippen molar-refractivity contribution in [3.05, 3.63) is 89.9 Å². The third-order valence-corrected chi connectivity index (χ3v) is 4.37. The van der Waals surface area contributed by atoms with Crippen molar-refractivity contribution in [2.45, 2.75) is 13.0 Å². The third-order valence-electron chi connectivity index (χ3n) is 4.37. The van der Waals surface area contributed by atoms with Gasteiger partial charge in [0.15, 0.2) is 0 Å². The van der Waals surface area contributed by atoms with E-state index in [0.717, 1.165) is 28.2 Å². The van der Waals surface area contributed by atoms with Gasteiger partial charge in [-0.1, -0.05) is 30.3 Å². The number of hydrogen-bond acceptors (Lipinski definition) is 3. The molecular formula is C21H19N3O. The number of nitrogens with zero attached hydrogens (tertiary/aromatic N) is 1. The van der Waals surface area contributed by atoms with Crippen LogP contribution < -0.4 is 5.32 Å². The quantitative estimate of drug-likeness (QED) is 0.505. The summed E-state index contributed by atoms with van der Waals surface area (Å²) in [5, 5.41) is 14.5. The van der Waals surface area contributed by atoms with Gasteiger partial charge >= 0.3 is 0 Å². The third kappa shape index (κ3) is 2.94. The molecule has 0 saturated heterocycles. The van der Waals surface area contributed by atoms with Gasteiger partial charge in [0, 0.05) is 40.1 Å². The first kappa shape index (κ1) is 15.3. The van der Waals surface area contributed by atoms with Crippen molar-refractivity contribution in [2.24, 2.45) is 0 Å². The van der Waals surface area contributed by atoms with Gasteiger partial charge in [0.25, 0.3) is 0 Å². The lowest BCUT2D eigenvalue weighted by Gasteiger charge is -2.20. The van der Waals surface area contributed by atoms with E-state index in [1.165, 1.54) is 5.39 Å². The maximum atomic E-state index is 9.79. The molecule has 0 saturated carbocycles. The maximum Gasteiger partial charge on any atom is 0.117 e. The van der Waals surface area contributed by atoms with Crippen LogP contribution in [-0.2, 0) is 0 Å². The molecule has 0 bridgehead atoms. The Labute approximate surface area is 146 Å². The number of aromatic hydroxyl groups is 1. The molecule has 4 heteroatoms. The number of fused-ring (bicyclic) bond motifs is 1. The number of aromatic nitrogens is 2. The summed E-state index contributed by atoms with van der Waals surface area (Å²) in [7, 11) is 0. The second-order valence-electron chi connectivity index (χ2n) is 6.09.